The molecular weight excluding hydrogens is 413 g/mol. The van der Waals surface area contributed by atoms with Crippen molar-refractivity contribution in [1.82, 2.24) is 14.8 Å². The molecule has 0 atom stereocenters. The molecule has 2 aromatic heterocycles. The third kappa shape index (κ3) is 2.83. The van der Waals surface area contributed by atoms with Gasteiger partial charge in [0.15, 0.2) is 0 Å². The summed E-state index contributed by atoms with van der Waals surface area (Å²) in [6.07, 6.45) is 1.86. The van der Waals surface area contributed by atoms with Crippen molar-refractivity contribution >= 4 is 56.6 Å². The largest absolute Gasteiger partial charge is 0.255 e. The number of hydrogen-bond donors (Lipinski definition) is 0. The van der Waals surface area contributed by atoms with E-state index in [1.807, 2.05) is 71.5 Å². The molecule has 136 valence electrons. The van der Waals surface area contributed by atoms with E-state index in [1.54, 1.807) is 6.07 Å². The highest BCUT2D eigenvalue weighted by Crippen LogP contribution is 2.35. The van der Waals surface area contributed by atoms with Crippen molar-refractivity contribution in [3.63, 3.8) is 0 Å². The van der Waals surface area contributed by atoms with Crippen molar-refractivity contribution < 1.29 is 0 Å². The molecule has 3 aromatic carbocycles. The predicted molar refractivity (Wildman–Crippen MR) is 117 cm³/mol. The molecule has 0 aliphatic heterocycles. The van der Waals surface area contributed by atoms with E-state index in [9.17, 15) is 0 Å². The normalized spacial score (nSPS) is 11.4. The Morgan fingerprint density at radius 2 is 1.57 bits per heavy atom. The van der Waals surface area contributed by atoms with Gasteiger partial charge in [-0.3, -0.25) is 4.98 Å². The fraction of sp³-hybridized carbons (Fsp3) is 0. The summed E-state index contributed by atoms with van der Waals surface area (Å²) in [4.78, 5) is 4.62. The van der Waals surface area contributed by atoms with Crippen LogP contribution in [0.1, 0.15) is 0 Å². The lowest BCUT2D eigenvalue weighted by atomic mass is 10.1. The Balaban J connectivity index is 1.92. The van der Waals surface area contributed by atoms with Gasteiger partial charge in [0.25, 0.3) is 0 Å². The van der Waals surface area contributed by atoms with Gasteiger partial charge in [-0.25, -0.2) is 4.68 Å². The van der Waals surface area contributed by atoms with Gasteiger partial charge in [0.2, 0.25) is 0 Å². The van der Waals surface area contributed by atoms with Crippen LogP contribution >= 0.6 is 34.8 Å². The second kappa shape index (κ2) is 6.78. The van der Waals surface area contributed by atoms with Gasteiger partial charge in [0.1, 0.15) is 5.69 Å². The fourth-order valence-corrected chi connectivity index (χ4v) is 3.83. The molecule has 0 amide bonds. The van der Waals surface area contributed by atoms with Gasteiger partial charge in [0, 0.05) is 27.6 Å². The zero-order chi connectivity index (χ0) is 19.3. The highest BCUT2D eigenvalue weighted by molar-refractivity contribution is 6.42. The molecule has 0 radical (unpaired) electrons. The fourth-order valence-electron chi connectivity index (χ4n) is 3.37. The molecular formula is C22H12Cl3N3. The van der Waals surface area contributed by atoms with E-state index in [1.165, 1.54) is 0 Å². The number of fused-ring (bicyclic) bond motifs is 3. The van der Waals surface area contributed by atoms with Gasteiger partial charge >= 0.3 is 0 Å². The molecule has 0 N–H and O–H groups in total. The molecule has 3 nitrogen and oxygen atoms in total. The van der Waals surface area contributed by atoms with Crippen LogP contribution in [0.3, 0.4) is 0 Å². The molecule has 0 saturated heterocycles. The van der Waals surface area contributed by atoms with Crippen molar-refractivity contribution in [2.24, 2.45) is 0 Å². The summed E-state index contributed by atoms with van der Waals surface area (Å²) in [5, 5.41) is 8.39. The van der Waals surface area contributed by atoms with Crippen LogP contribution in [0, 0.1) is 0 Å². The lowest BCUT2D eigenvalue weighted by Gasteiger charge is -2.07. The Hall–Kier alpha value is -2.59. The molecule has 0 unspecified atom stereocenters. The highest BCUT2D eigenvalue weighted by atomic mass is 35.5. The SMILES string of the molecule is Clc1ccc2ncc3c(-c4ccccc4)nn(-c4ccc(Cl)c(Cl)c4)c3c2c1. The van der Waals surface area contributed by atoms with Gasteiger partial charge < -0.3 is 0 Å². The summed E-state index contributed by atoms with van der Waals surface area (Å²) >= 11 is 18.7. The van der Waals surface area contributed by atoms with Crippen molar-refractivity contribution in [3.05, 3.63) is 88.0 Å². The summed E-state index contributed by atoms with van der Waals surface area (Å²) in [6.45, 7) is 0. The van der Waals surface area contributed by atoms with E-state index in [2.05, 4.69) is 4.98 Å². The molecule has 0 aliphatic carbocycles. The van der Waals surface area contributed by atoms with Crippen LogP contribution in [-0.2, 0) is 0 Å². The van der Waals surface area contributed by atoms with E-state index < -0.39 is 0 Å². The van der Waals surface area contributed by atoms with E-state index in [0.717, 1.165) is 38.8 Å². The second-order valence-corrected chi connectivity index (χ2v) is 7.66. The molecule has 0 bridgehead atoms. The first kappa shape index (κ1) is 17.5. The highest BCUT2D eigenvalue weighted by Gasteiger charge is 2.17. The average Bonchev–Trinajstić information content (AvgIpc) is 3.11. The number of nitrogens with zero attached hydrogens (tertiary/aromatic N) is 3. The number of pyridine rings is 1. The first-order valence-corrected chi connectivity index (χ1v) is 9.73. The zero-order valence-corrected chi connectivity index (χ0v) is 16.7. The molecule has 0 fully saturated rings. The monoisotopic (exact) mass is 423 g/mol. The van der Waals surface area contributed by atoms with E-state index in [-0.39, 0.29) is 0 Å². The summed E-state index contributed by atoms with van der Waals surface area (Å²) in [6, 6.07) is 21.2. The maximum Gasteiger partial charge on any atom is 0.102 e. The minimum absolute atomic E-state index is 0.473. The Labute approximate surface area is 176 Å². The van der Waals surface area contributed by atoms with Crippen molar-refractivity contribution in [1.29, 1.82) is 0 Å². The van der Waals surface area contributed by atoms with E-state index in [0.29, 0.717) is 15.1 Å². The van der Waals surface area contributed by atoms with Crippen molar-refractivity contribution in [2.45, 2.75) is 0 Å². The Morgan fingerprint density at radius 3 is 2.36 bits per heavy atom. The van der Waals surface area contributed by atoms with Crippen molar-refractivity contribution in [3.8, 4) is 16.9 Å². The molecule has 0 aliphatic rings. The first-order chi connectivity index (χ1) is 13.6. The number of halogens is 3. The maximum absolute atomic E-state index is 6.29. The van der Waals surface area contributed by atoms with Gasteiger partial charge in [-0.05, 0) is 36.4 Å². The molecule has 2 heterocycles. The van der Waals surface area contributed by atoms with Crippen LogP contribution < -0.4 is 0 Å². The molecule has 5 aromatic rings. The molecule has 6 heteroatoms. The minimum Gasteiger partial charge on any atom is -0.255 e. The lowest BCUT2D eigenvalue weighted by Crippen LogP contribution is -1.97. The molecule has 0 spiro atoms. The Kier molecular flexibility index (Phi) is 4.24. The van der Waals surface area contributed by atoms with Gasteiger partial charge in [-0.15, -0.1) is 0 Å². The van der Waals surface area contributed by atoms with Crippen LogP contribution in [0.2, 0.25) is 15.1 Å². The third-order valence-electron chi connectivity index (χ3n) is 4.66. The van der Waals surface area contributed by atoms with Gasteiger partial charge in [-0.1, -0.05) is 65.1 Å². The minimum atomic E-state index is 0.473. The summed E-state index contributed by atoms with van der Waals surface area (Å²) in [5.41, 5.74) is 4.43. The standard InChI is InChI=1S/C22H12Cl3N3/c23-14-6-9-20-16(10-14)22-17(12-26-20)21(13-4-2-1-3-5-13)27-28(22)15-7-8-18(24)19(25)11-15/h1-12H. The third-order valence-corrected chi connectivity index (χ3v) is 5.64. The smallest absolute Gasteiger partial charge is 0.102 e. The number of benzene rings is 3. The predicted octanol–water partition coefficient (Wildman–Crippen LogP) is 7.20. The van der Waals surface area contributed by atoms with Crippen LogP contribution in [0.25, 0.3) is 38.8 Å². The lowest BCUT2D eigenvalue weighted by molar-refractivity contribution is 0.918. The number of rotatable bonds is 2. The van der Waals surface area contributed by atoms with Crippen LogP contribution in [0.4, 0.5) is 0 Å². The quantitative estimate of drug-likeness (QED) is 0.300. The van der Waals surface area contributed by atoms with Crippen molar-refractivity contribution in [2.75, 3.05) is 0 Å². The number of hydrogen-bond acceptors (Lipinski definition) is 2. The topological polar surface area (TPSA) is 30.7 Å². The summed E-state index contributed by atoms with van der Waals surface area (Å²) in [5.74, 6) is 0. The van der Waals surface area contributed by atoms with E-state index in [4.69, 9.17) is 39.9 Å². The van der Waals surface area contributed by atoms with Crippen LogP contribution in [0.15, 0.2) is 72.9 Å². The zero-order valence-electron chi connectivity index (χ0n) is 14.4. The maximum atomic E-state index is 6.29. The Bertz CT molecular complexity index is 1340. The summed E-state index contributed by atoms with van der Waals surface area (Å²) < 4.78 is 1.88. The summed E-state index contributed by atoms with van der Waals surface area (Å²) in [7, 11) is 0. The number of aromatic nitrogens is 3. The van der Waals surface area contributed by atoms with Crippen LogP contribution in [0.5, 0.6) is 0 Å². The van der Waals surface area contributed by atoms with E-state index >= 15 is 0 Å². The molecule has 28 heavy (non-hydrogen) atoms. The van der Waals surface area contributed by atoms with Gasteiger partial charge in [0.05, 0.1) is 26.8 Å². The molecule has 5 rings (SSSR count). The second-order valence-electron chi connectivity index (χ2n) is 6.41. The molecule has 0 saturated carbocycles. The average molecular weight is 425 g/mol. The van der Waals surface area contributed by atoms with Crippen LogP contribution in [-0.4, -0.2) is 14.8 Å². The van der Waals surface area contributed by atoms with Gasteiger partial charge in [-0.2, -0.15) is 5.10 Å². The Morgan fingerprint density at radius 1 is 0.750 bits per heavy atom. The first-order valence-electron chi connectivity index (χ1n) is 8.59.